The van der Waals surface area contributed by atoms with Gasteiger partial charge in [0.1, 0.15) is 5.75 Å². The van der Waals surface area contributed by atoms with Crippen LogP contribution in [0.25, 0.3) is 0 Å². The monoisotopic (exact) mass is 547 g/mol. The number of para-hydroxylation sites is 1. The number of esters is 2. The average molecular weight is 548 g/mol. The smallest absolute Gasteiger partial charge is 0.343 e. The van der Waals surface area contributed by atoms with Gasteiger partial charge >= 0.3 is 11.9 Å². The number of hydrogen-bond acceptors (Lipinski definition) is 7. The fraction of sp³-hybridized carbons (Fsp3) is 0.242. The standard InChI is InChI=1S/C33H25NO7/c35-27(18-10-12-20(13-11-18)41-32(38)19-6-2-1-3-7-19)17-40-33(39)23-8-4-5-9-26(23)34-30(36)28-21-14-15-22(25-16-24(21)25)29(28)31(34)37/h1-15,21-22,24-25,28-29H,16-17H2. The number of imide groups is 1. The summed E-state index contributed by atoms with van der Waals surface area (Å²) in [6, 6.07) is 20.8. The second-order valence-electron chi connectivity index (χ2n) is 11.0. The fourth-order valence-electron chi connectivity index (χ4n) is 6.78. The molecule has 6 unspecified atom stereocenters. The van der Waals surface area contributed by atoms with Crippen LogP contribution in [0.15, 0.2) is 91.0 Å². The molecule has 2 bridgehead atoms. The Morgan fingerprint density at radius 3 is 1.98 bits per heavy atom. The van der Waals surface area contributed by atoms with Gasteiger partial charge in [-0.2, -0.15) is 0 Å². The Morgan fingerprint density at radius 1 is 0.707 bits per heavy atom. The summed E-state index contributed by atoms with van der Waals surface area (Å²) >= 11 is 0. The van der Waals surface area contributed by atoms with Crippen molar-refractivity contribution in [3.8, 4) is 5.75 Å². The zero-order valence-corrected chi connectivity index (χ0v) is 21.8. The molecule has 8 rings (SSSR count). The molecule has 0 radical (unpaired) electrons. The number of anilines is 1. The Hall–Kier alpha value is -4.85. The van der Waals surface area contributed by atoms with Crippen LogP contribution in [0.2, 0.25) is 0 Å². The zero-order valence-electron chi connectivity index (χ0n) is 21.8. The van der Waals surface area contributed by atoms with E-state index in [0.29, 0.717) is 17.4 Å². The van der Waals surface area contributed by atoms with Crippen molar-refractivity contribution in [3.05, 3.63) is 108 Å². The maximum atomic E-state index is 13.5. The summed E-state index contributed by atoms with van der Waals surface area (Å²) in [6.45, 7) is -0.541. The van der Waals surface area contributed by atoms with Crippen molar-refractivity contribution >= 4 is 35.2 Å². The van der Waals surface area contributed by atoms with E-state index in [-0.39, 0.29) is 58.0 Å². The summed E-state index contributed by atoms with van der Waals surface area (Å²) < 4.78 is 10.7. The third-order valence-corrected chi connectivity index (χ3v) is 8.76. The van der Waals surface area contributed by atoms with E-state index in [2.05, 4.69) is 12.2 Å². The van der Waals surface area contributed by atoms with Crippen molar-refractivity contribution < 1.29 is 33.4 Å². The van der Waals surface area contributed by atoms with Crippen LogP contribution in [0.4, 0.5) is 5.69 Å². The number of carbonyl (C=O) groups excluding carboxylic acids is 5. The zero-order chi connectivity index (χ0) is 28.2. The van der Waals surface area contributed by atoms with E-state index < -0.39 is 24.3 Å². The molecule has 1 heterocycles. The van der Waals surface area contributed by atoms with Gasteiger partial charge in [-0.1, -0.05) is 42.5 Å². The molecule has 3 aromatic carbocycles. The van der Waals surface area contributed by atoms with Gasteiger partial charge in [-0.3, -0.25) is 14.4 Å². The highest BCUT2D eigenvalue weighted by Gasteiger charge is 2.67. The molecular formula is C33H25NO7. The molecule has 8 heteroatoms. The number of amides is 2. The summed E-state index contributed by atoms with van der Waals surface area (Å²) in [5.41, 5.74) is 0.902. The first kappa shape index (κ1) is 25.1. The summed E-state index contributed by atoms with van der Waals surface area (Å²) in [4.78, 5) is 66.3. The predicted octanol–water partition coefficient (Wildman–Crippen LogP) is 4.50. The number of benzene rings is 3. The topological polar surface area (TPSA) is 107 Å². The molecule has 0 spiro atoms. The second-order valence-corrected chi connectivity index (χ2v) is 11.0. The third kappa shape index (κ3) is 4.18. The van der Waals surface area contributed by atoms with Gasteiger partial charge in [-0.25, -0.2) is 14.5 Å². The SMILES string of the molecule is O=C(COC(=O)c1ccccc1N1C(=O)C2C3C=CC(C4CC34)C2C1=O)c1ccc(OC(=O)c2ccccc2)cc1. The van der Waals surface area contributed by atoms with E-state index in [1.54, 1.807) is 48.5 Å². The molecule has 204 valence electrons. The fourth-order valence-corrected chi connectivity index (χ4v) is 6.78. The molecule has 41 heavy (non-hydrogen) atoms. The summed E-state index contributed by atoms with van der Waals surface area (Å²) in [7, 11) is 0. The Morgan fingerprint density at radius 2 is 1.32 bits per heavy atom. The number of allylic oxidation sites excluding steroid dienone is 2. The number of nitrogens with zero attached hydrogens (tertiary/aromatic N) is 1. The minimum absolute atomic E-state index is 0.0503. The van der Waals surface area contributed by atoms with Crippen LogP contribution in [0.1, 0.15) is 37.5 Å². The van der Waals surface area contributed by atoms with E-state index >= 15 is 0 Å². The first-order chi connectivity index (χ1) is 19.9. The molecule has 3 fully saturated rings. The highest BCUT2D eigenvalue weighted by Crippen LogP contribution is 2.65. The molecule has 1 saturated heterocycles. The van der Waals surface area contributed by atoms with Gasteiger partial charge in [-0.05, 0) is 78.6 Å². The van der Waals surface area contributed by atoms with Crippen molar-refractivity contribution in [1.82, 2.24) is 0 Å². The second kappa shape index (κ2) is 9.66. The van der Waals surface area contributed by atoms with Crippen molar-refractivity contribution in [2.24, 2.45) is 35.5 Å². The minimum Gasteiger partial charge on any atom is -0.454 e. The van der Waals surface area contributed by atoms with Gasteiger partial charge in [0.2, 0.25) is 11.8 Å². The first-order valence-electron chi connectivity index (χ1n) is 13.6. The largest absolute Gasteiger partial charge is 0.454 e. The highest BCUT2D eigenvalue weighted by molar-refractivity contribution is 6.24. The molecule has 2 amide bonds. The van der Waals surface area contributed by atoms with Crippen LogP contribution in [-0.2, 0) is 14.3 Å². The number of Topliss-reactive ketones (excluding diaryl/α,β-unsaturated/α-hetero) is 1. The Bertz CT molecular complexity index is 1590. The van der Waals surface area contributed by atoms with E-state index in [1.807, 2.05) is 0 Å². The molecule has 0 aromatic heterocycles. The summed E-state index contributed by atoms with van der Waals surface area (Å²) in [5, 5.41) is 0. The van der Waals surface area contributed by atoms with Crippen molar-refractivity contribution in [1.29, 1.82) is 0 Å². The van der Waals surface area contributed by atoms with Crippen molar-refractivity contribution in [2.75, 3.05) is 11.5 Å². The molecule has 6 atom stereocenters. The van der Waals surface area contributed by atoms with Crippen LogP contribution >= 0.6 is 0 Å². The van der Waals surface area contributed by atoms with E-state index in [4.69, 9.17) is 9.47 Å². The Balaban J connectivity index is 1.02. The highest BCUT2D eigenvalue weighted by atomic mass is 16.5. The van der Waals surface area contributed by atoms with Gasteiger partial charge in [0.05, 0.1) is 28.7 Å². The average Bonchev–Trinajstić information content (AvgIpc) is 3.79. The van der Waals surface area contributed by atoms with Crippen molar-refractivity contribution in [2.45, 2.75) is 6.42 Å². The Labute approximate surface area is 235 Å². The maximum Gasteiger partial charge on any atom is 0.343 e. The molecule has 0 N–H and O–H groups in total. The molecule has 1 aliphatic heterocycles. The van der Waals surface area contributed by atoms with Crippen LogP contribution in [0.3, 0.4) is 0 Å². The minimum atomic E-state index is -0.804. The molecule has 8 nitrogen and oxygen atoms in total. The number of ketones is 1. The van der Waals surface area contributed by atoms with E-state index in [9.17, 15) is 24.0 Å². The molecular weight excluding hydrogens is 522 g/mol. The van der Waals surface area contributed by atoms with Gasteiger partial charge in [0.25, 0.3) is 0 Å². The van der Waals surface area contributed by atoms with Gasteiger partial charge in [-0.15, -0.1) is 0 Å². The van der Waals surface area contributed by atoms with Crippen LogP contribution in [0, 0.1) is 35.5 Å². The lowest BCUT2D eigenvalue weighted by atomic mass is 9.63. The lowest BCUT2D eigenvalue weighted by Crippen LogP contribution is -2.40. The quantitative estimate of drug-likeness (QED) is 0.141. The molecule has 4 aliphatic carbocycles. The van der Waals surface area contributed by atoms with Crippen LogP contribution in [0.5, 0.6) is 5.75 Å². The van der Waals surface area contributed by atoms with Gasteiger partial charge in [0, 0.05) is 5.56 Å². The van der Waals surface area contributed by atoms with Crippen LogP contribution < -0.4 is 9.64 Å². The predicted molar refractivity (Wildman–Crippen MR) is 146 cm³/mol. The summed E-state index contributed by atoms with van der Waals surface area (Å²) in [5.74, 6) is -1.75. The number of ether oxygens (including phenoxy) is 2. The normalized spacial score (nSPS) is 26.8. The first-order valence-corrected chi connectivity index (χ1v) is 13.6. The third-order valence-electron chi connectivity index (χ3n) is 8.76. The van der Waals surface area contributed by atoms with Gasteiger partial charge in [0.15, 0.2) is 12.4 Å². The molecule has 5 aliphatic rings. The lowest BCUT2D eigenvalue weighted by molar-refractivity contribution is -0.124. The maximum absolute atomic E-state index is 13.5. The number of carbonyl (C=O) groups is 5. The summed E-state index contributed by atoms with van der Waals surface area (Å²) in [6.07, 6.45) is 5.26. The van der Waals surface area contributed by atoms with Crippen molar-refractivity contribution in [3.63, 3.8) is 0 Å². The Kier molecular flexibility index (Phi) is 5.92. The molecule has 3 aromatic rings. The van der Waals surface area contributed by atoms with Crippen LogP contribution in [-0.4, -0.2) is 36.1 Å². The van der Waals surface area contributed by atoms with Gasteiger partial charge < -0.3 is 9.47 Å². The number of hydrogen-bond donors (Lipinski definition) is 0. The van der Waals surface area contributed by atoms with E-state index in [0.717, 1.165) is 11.3 Å². The molecule has 2 saturated carbocycles. The van der Waals surface area contributed by atoms with E-state index in [1.165, 1.54) is 30.3 Å². The number of rotatable bonds is 7. The lowest BCUT2D eigenvalue weighted by Gasteiger charge is -2.37.